The molecule has 0 aliphatic carbocycles. The lowest BCUT2D eigenvalue weighted by Gasteiger charge is -2.36. The van der Waals surface area contributed by atoms with Crippen LogP contribution in [0.3, 0.4) is 0 Å². The highest BCUT2D eigenvalue weighted by Crippen LogP contribution is 2.13. The molecule has 2 saturated heterocycles. The predicted octanol–water partition coefficient (Wildman–Crippen LogP) is 0.848. The second-order valence-corrected chi connectivity index (χ2v) is 4.77. The summed E-state index contributed by atoms with van der Waals surface area (Å²) < 4.78 is 5.72. The molecule has 2 heterocycles. The van der Waals surface area contributed by atoms with E-state index in [1.807, 2.05) is 0 Å². The molecule has 0 saturated carbocycles. The van der Waals surface area contributed by atoms with E-state index >= 15 is 0 Å². The molecule has 1 N–H and O–H groups in total. The summed E-state index contributed by atoms with van der Waals surface area (Å²) in [5.74, 6) is 0. The van der Waals surface area contributed by atoms with Gasteiger partial charge in [-0.2, -0.15) is 0 Å². The Morgan fingerprint density at radius 3 is 2.57 bits per heavy atom. The maximum Gasteiger partial charge on any atom is 0.0678 e. The van der Waals surface area contributed by atoms with Gasteiger partial charge in [0, 0.05) is 25.7 Å². The number of morpholine rings is 1. The molecule has 3 heteroatoms. The SMILES string of the molecule is CC1CN(C[C@H]2CCCN2)CC(C)O1. The third-order valence-electron chi connectivity index (χ3n) is 3.14. The summed E-state index contributed by atoms with van der Waals surface area (Å²) in [4.78, 5) is 2.54. The minimum Gasteiger partial charge on any atom is -0.373 e. The second-order valence-electron chi connectivity index (χ2n) is 4.77. The van der Waals surface area contributed by atoms with Crippen LogP contribution in [0.2, 0.25) is 0 Å². The predicted molar refractivity (Wildman–Crippen MR) is 57.5 cm³/mol. The summed E-state index contributed by atoms with van der Waals surface area (Å²) in [6.45, 7) is 8.96. The molecule has 0 aromatic rings. The first kappa shape index (κ1) is 10.4. The fourth-order valence-corrected chi connectivity index (χ4v) is 2.66. The van der Waals surface area contributed by atoms with Crippen molar-refractivity contribution in [3.63, 3.8) is 0 Å². The van der Waals surface area contributed by atoms with Crippen molar-refractivity contribution >= 4 is 0 Å². The van der Waals surface area contributed by atoms with Crippen LogP contribution in [0.4, 0.5) is 0 Å². The van der Waals surface area contributed by atoms with Gasteiger partial charge >= 0.3 is 0 Å². The molecule has 0 aromatic carbocycles. The standard InChI is InChI=1S/C11H22N2O/c1-9-6-13(7-10(2)14-9)8-11-4-3-5-12-11/h9-12H,3-8H2,1-2H3/t9?,10?,11-/m1/s1. The van der Waals surface area contributed by atoms with Crippen LogP contribution in [-0.2, 0) is 4.74 Å². The van der Waals surface area contributed by atoms with Crippen LogP contribution in [0.25, 0.3) is 0 Å². The van der Waals surface area contributed by atoms with Gasteiger partial charge in [-0.05, 0) is 33.2 Å². The molecule has 82 valence electrons. The van der Waals surface area contributed by atoms with Gasteiger partial charge in [0.25, 0.3) is 0 Å². The van der Waals surface area contributed by atoms with Gasteiger partial charge < -0.3 is 10.1 Å². The van der Waals surface area contributed by atoms with Gasteiger partial charge in [0.2, 0.25) is 0 Å². The minimum absolute atomic E-state index is 0.403. The van der Waals surface area contributed by atoms with Crippen molar-refractivity contribution < 1.29 is 4.74 Å². The van der Waals surface area contributed by atoms with Crippen LogP contribution in [0.5, 0.6) is 0 Å². The maximum atomic E-state index is 5.72. The highest BCUT2D eigenvalue weighted by atomic mass is 16.5. The lowest BCUT2D eigenvalue weighted by molar-refractivity contribution is -0.0694. The molecule has 3 nitrogen and oxygen atoms in total. The van der Waals surface area contributed by atoms with Crippen molar-refractivity contribution in [2.24, 2.45) is 0 Å². The number of ether oxygens (including phenoxy) is 1. The fraction of sp³-hybridized carbons (Fsp3) is 1.00. The second kappa shape index (κ2) is 4.60. The summed E-state index contributed by atoms with van der Waals surface area (Å²) >= 11 is 0. The van der Waals surface area contributed by atoms with Crippen molar-refractivity contribution in [1.82, 2.24) is 10.2 Å². The number of nitrogens with one attached hydrogen (secondary N) is 1. The summed E-state index contributed by atoms with van der Waals surface area (Å²) in [6.07, 6.45) is 3.50. The van der Waals surface area contributed by atoms with E-state index in [9.17, 15) is 0 Å². The van der Waals surface area contributed by atoms with Crippen molar-refractivity contribution in [3.05, 3.63) is 0 Å². The third kappa shape index (κ3) is 2.69. The smallest absolute Gasteiger partial charge is 0.0678 e. The van der Waals surface area contributed by atoms with E-state index in [1.165, 1.54) is 25.9 Å². The van der Waals surface area contributed by atoms with Gasteiger partial charge in [-0.3, -0.25) is 4.90 Å². The monoisotopic (exact) mass is 198 g/mol. The molecule has 0 amide bonds. The Hall–Kier alpha value is -0.120. The zero-order chi connectivity index (χ0) is 9.97. The Balaban J connectivity index is 1.78. The van der Waals surface area contributed by atoms with Crippen LogP contribution in [0.15, 0.2) is 0 Å². The largest absolute Gasteiger partial charge is 0.373 e. The Bertz CT molecular complexity index is 170. The number of hydrogen-bond acceptors (Lipinski definition) is 3. The molecular weight excluding hydrogens is 176 g/mol. The quantitative estimate of drug-likeness (QED) is 0.712. The van der Waals surface area contributed by atoms with Crippen LogP contribution in [0, 0.1) is 0 Å². The maximum absolute atomic E-state index is 5.72. The van der Waals surface area contributed by atoms with E-state index < -0.39 is 0 Å². The molecule has 2 fully saturated rings. The van der Waals surface area contributed by atoms with Crippen molar-refractivity contribution in [1.29, 1.82) is 0 Å². The zero-order valence-corrected chi connectivity index (χ0v) is 9.33. The fourth-order valence-electron chi connectivity index (χ4n) is 2.66. The normalized spacial score (nSPS) is 40.3. The van der Waals surface area contributed by atoms with Gasteiger partial charge in [-0.25, -0.2) is 0 Å². The van der Waals surface area contributed by atoms with E-state index in [2.05, 4.69) is 24.1 Å². The van der Waals surface area contributed by atoms with Gasteiger partial charge in [0.05, 0.1) is 12.2 Å². The molecular formula is C11H22N2O. The average Bonchev–Trinajstić information content (AvgIpc) is 2.54. The van der Waals surface area contributed by atoms with E-state index in [0.717, 1.165) is 19.1 Å². The molecule has 0 aromatic heterocycles. The molecule has 0 bridgehead atoms. The Morgan fingerprint density at radius 2 is 2.00 bits per heavy atom. The first-order chi connectivity index (χ1) is 6.74. The summed E-state index contributed by atoms with van der Waals surface area (Å²) in [5.41, 5.74) is 0. The van der Waals surface area contributed by atoms with Crippen LogP contribution < -0.4 is 5.32 Å². The Kier molecular flexibility index (Phi) is 3.42. The van der Waals surface area contributed by atoms with Gasteiger partial charge in [0.15, 0.2) is 0 Å². The minimum atomic E-state index is 0.403. The number of hydrogen-bond donors (Lipinski definition) is 1. The molecule has 0 spiro atoms. The van der Waals surface area contributed by atoms with Gasteiger partial charge in [0.1, 0.15) is 0 Å². The molecule has 2 aliphatic rings. The number of nitrogens with zero attached hydrogens (tertiary/aromatic N) is 1. The van der Waals surface area contributed by atoms with Gasteiger partial charge in [-0.1, -0.05) is 0 Å². The molecule has 2 aliphatic heterocycles. The highest BCUT2D eigenvalue weighted by Gasteiger charge is 2.25. The van der Waals surface area contributed by atoms with Crippen molar-refractivity contribution in [3.8, 4) is 0 Å². The third-order valence-corrected chi connectivity index (χ3v) is 3.14. The summed E-state index contributed by atoms with van der Waals surface area (Å²) in [7, 11) is 0. The van der Waals surface area contributed by atoms with E-state index in [0.29, 0.717) is 12.2 Å². The molecule has 2 rings (SSSR count). The molecule has 14 heavy (non-hydrogen) atoms. The van der Waals surface area contributed by atoms with Crippen LogP contribution >= 0.6 is 0 Å². The average molecular weight is 198 g/mol. The first-order valence-corrected chi connectivity index (χ1v) is 5.85. The Morgan fingerprint density at radius 1 is 1.29 bits per heavy atom. The van der Waals surface area contributed by atoms with Crippen LogP contribution in [-0.4, -0.2) is 49.3 Å². The lowest BCUT2D eigenvalue weighted by Crippen LogP contribution is -2.49. The zero-order valence-electron chi connectivity index (χ0n) is 9.33. The Labute approximate surface area is 86.8 Å². The number of rotatable bonds is 2. The van der Waals surface area contributed by atoms with Crippen molar-refractivity contribution in [2.45, 2.75) is 44.9 Å². The first-order valence-electron chi connectivity index (χ1n) is 5.85. The summed E-state index contributed by atoms with van der Waals surface area (Å²) in [6, 6.07) is 0.729. The highest BCUT2D eigenvalue weighted by molar-refractivity contribution is 4.81. The van der Waals surface area contributed by atoms with E-state index in [1.54, 1.807) is 0 Å². The molecule has 2 unspecified atom stereocenters. The lowest BCUT2D eigenvalue weighted by atomic mass is 10.1. The molecule has 3 atom stereocenters. The van der Waals surface area contributed by atoms with E-state index in [-0.39, 0.29) is 0 Å². The van der Waals surface area contributed by atoms with Crippen LogP contribution in [0.1, 0.15) is 26.7 Å². The van der Waals surface area contributed by atoms with E-state index in [4.69, 9.17) is 4.74 Å². The topological polar surface area (TPSA) is 24.5 Å². The van der Waals surface area contributed by atoms with Crippen molar-refractivity contribution in [2.75, 3.05) is 26.2 Å². The molecule has 0 radical (unpaired) electrons. The summed E-state index contributed by atoms with van der Waals surface area (Å²) in [5, 5.41) is 3.55. The van der Waals surface area contributed by atoms with Gasteiger partial charge in [-0.15, -0.1) is 0 Å².